The van der Waals surface area contributed by atoms with Crippen LogP contribution in [0, 0.1) is 0 Å². The number of halogens is 3. The van der Waals surface area contributed by atoms with E-state index in [1.807, 2.05) is 0 Å². The number of amides is 2. The molecule has 2 aromatic rings. The molecule has 3 nitrogen and oxygen atoms in total. The highest BCUT2D eigenvalue weighted by molar-refractivity contribution is 6.01. The van der Waals surface area contributed by atoms with Crippen LogP contribution in [0.2, 0.25) is 0 Å². The third kappa shape index (κ3) is 3.53. The molecule has 1 N–H and O–H groups in total. The SMILES string of the molecule is CN(C(=O)Nc1ccccc1C(F)(F)F)c1ccccc1. The van der Waals surface area contributed by atoms with E-state index >= 15 is 0 Å². The first-order chi connectivity index (χ1) is 9.89. The predicted octanol–water partition coefficient (Wildman–Crippen LogP) is 4.37. The van der Waals surface area contributed by atoms with Crippen molar-refractivity contribution in [2.45, 2.75) is 6.18 Å². The van der Waals surface area contributed by atoms with Crippen LogP contribution < -0.4 is 10.2 Å². The highest BCUT2D eigenvalue weighted by Crippen LogP contribution is 2.34. The number of alkyl halides is 3. The Bertz CT molecular complexity index is 626. The maximum Gasteiger partial charge on any atom is 0.418 e. The van der Waals surface area contributed by atoms with Crippen molar-refractivity contribution in [1.82, 2.24) is 0 Å². The minimum absolute atomic E-state index is 0.266. The lowest BCUT2D eigenvalue weighted by molar-refractivity contribution is -0.136. The van der Waals surface area contributed by atoms with Crippen LogP contribution in [0.1, 0.15) is 5.56 Å². The van der Waals surface area contributed by atoms with Crippen LogP contribution in [0.25, 0.3) is 0 Å². The van der Waals surface area contributed by atoms with Crippen LogP contribution in [0.15, 0.2) is 54.6 Å². The number of hydrogen-bond acceptors (Lipinski definition) is 1. The summed E-state index contributed by atoms with van der Waals surface area (Å²) in [5.74, 6) is 0. The molecule has 21 heavy (non-hydrogen) atoms. The maximum absolute atomic E-state index is 12.9. The second kappa shape index (κ2) is 5.87. The standard InChI is InChI=1S/C15H13F3N2O/c1-20(11-7-3-2-4-8-11)14(21)19-13-10-6-5-9-12(13)15(16,17)18/h2-10H,1H3,(H,19,21). The molecule has 0 atom stereocenters. The Labute approximate surface area is 120 Å². The Hall–Kier alpha value is -2.50. The Morgan fingerprint density at radius 3 is 2.19 bits per heavy atom. The summed E-state index contributed by atoms with van der Waals surface area (Å²) in [6, 6.07) is 12.9. The van der Waals surface area contributed by atoms with Crippen LogP contribution in [0.5, 0.6) is 0 Å². The fraction of sp³-hybridized carbons (Fsp3) is 0.133. The lowest BCUT2D eigenvalue weighted by Crippen LogP contribution is -2.31. The minimum Gasteiger partial charge on any atom is -0.307 e. The number of hydrogen-bond donors (Lipinski definition) is 1. The summed E-state index contributed by atoms with van der Waals surface area (Å²) in [6.45, 7) is 0. The Balaban J connectivity index is 2.21. The van der Waals surface area contributed by atoms with E-state index in [1.165, 1.54) is 30.1 Å². The monoisotopic (exact) mass is 294 g/mol. The summed E-state index contributed by atoms with van der Waals surface area (Å²) >= 11 is 0. The van der Waals surface area contributed by atoms with Crippen LogP contribution in [0.4, 0.5) is 29.3 Å². The lowest BCUT2D eigenvalue weighted by atomic mass is 10.1. The molecule has 0 aliphatic heterocycles. The van der Waals surface area contributed by atoms with Crippen molar-refractivity contribution in [2.75, 3.05) is 17.3 Å². The molecule has 2 aromatic carbocycles. The molecule has 0 saturated heterocycles. The highest BCUT2D eigenvalue weighted by Gasteiger charge is 2.33. The van der Waals surface area contributed by atoms with Crippen LogP contribution in [-0.4, -0.2) is 13.1 Å². The van der Waals surface area contributed by atoms with Crippen LogP contribution >= 0.6 is 0 Å². The number of para-hydroxylation sites is 2. The van der Waals surface area contributed by atoms with Crippen LogP contribution in [0.3, 0.4) is 0 Å². The fourth-order valence-electron chi connectivity index (χ4n) is 1.81. The zero-order valence-electron chi connectivity index (χ0n) is 11.2. The van der Waals surface area contributed by atoms with E-state index in [0.29, 0.717) is 5.69 Å². The number of carbonyl (C=O) groups excluding carboxylic acids is 1. The molecule has 6 heteroatoms. The molecule has 0 saturated carbocycles. The van der Waals surface area contributed by atoms with Gasteiger partial charge in [0.2, 0.25) is 0 Å². The summed E-state index contributed by atoms with van der Waals surface area (Å²) in [5.41, 5.74) is -0.558. The number of carbonyl (C=O) groups is 1. The molecule has 2 amide bonds. The molecule has 0 bridgehead atoms. The van der Waals surface area contributed by atoms with E-state index in [2.05, 4.69) is 5.32 Å². The molecule has 0 aromatic heterocycles. The number of rotatable bonds is 2. The predicted molar refractivity (Wildman–Crippen MR) is 75.3 cm³/mol. The van der Waals surface area contributed by atoms with Gasteiger partial charge in [0.25, 0.3) is 0 Å². The smallest absolute Gasteiger partial charge is 0.307 e. The third-order valence-electron chi connectivity index (χ3n) is 2.92. The van der Waals surface area contributed by atoms with Gasteiger partial charge in [0.15, 0.2) is 0 Å². The first-order valence-electron chi connectivity index (χ1n) is 6.15. The quantitative estimate of drug-likeness (QED) is 0.876. The van der Waals surface area contributed by atoms with E-state index in [1.54, 1.807) is 30.3 Å². The topological polar surface area (TPSA) is 32.3 Å². The van der Waals surface area contributed by atoms with Crippen molar-refractivity contribution in [3.63, 3.8) is 0 Å². The van der Waals surface area contributed by atoms with Gasteiger partial charge in [-0.15, -0.1) is 0 Å². The summed E-state index contributed by atoms with van der Waals surface area (Å²) in [4.78, 5) is 13.3. The van der Waals surface area contributed by atoms with Crippen molar-refractivity contribution in [2.24, 2.45) is 0 Å². The number of urea groups is 1. The Morgan fingerprint density at radius 1 is 1.00 bits per heavy atom. The van der Waals surface area contributed by atoms with E-state index in [0.717, 1.165) is 6.07 Å². The van der Waals surface area contributed by atoms with Crippen molar-refractivity contribution in [3.8, 4) is 0 Å². The van der Waals surface area contributed by atoms with Crippen molar-refractivity contribution < 1.29 is 18.0 Å². The molecule has 0 aliphatic rings. The van der Waals surface area contributed by atoms with Gasteiger partial charge in [0, 0.05) is 12.7 Å². The molecule has 0 heterocycles. The number of nitrogens with one attached hydrogen (secondary N) is 1. The summed E-state index contributed by atoms with van der Waals surface area (Å²) in [6.07, 6.45) is -4.52. The average Bonchev–Trinajstić information content (AvgIpc) is 2.47. The van der Waals surface area contributed by atoms with Gasteiger partial charge in [0.05, 0.1) is 11.3 Å². The lowest BCUT2D eigenvalue weighted by Gasteiger charge is -2.20. The van der Waals surface area contributed by atoms with Crippen molar-refractivity contribution in [3.05, 3.63) is 60.2 Å². The highest BCUT2D eigenvalue weighted by atomic mass is 19.4. The first kappa shape index (κ1) is 14.9. The van der Waals surface area contributed by atoms with Gasteiger partial charge in [-0.25, -0.2) is 4.79 Å². The first-order valence-corrected chi connectivity index (χ1v) is 6.15. The van der Waals surface area contributed by atoms with Crippen molar-refractivity contribution >= 4 is 17.4 Å². The molecule has 0 fully saturated rings. The third-order valence-corrected chi connectivity index (χ3v) is 2.92. The van der Waals surface area contributed by atoms with Gasteiger partial charge >= 0.3 is 12.2 Å². The minimum atomic E-state index is -4.52. The maximum atomic E-state index is 12.9. The van der Waals surface area contributed by atoms with E-state index in [9.17, 15) is 18.0 Å². The molecule has 0 unspecified atom stereocenters. The zero-order chi connectivity index (χ0) is 15.5. The van der Waals surface area contributed by atoms with E-state index in [-0.39, 0.29) is 5.69 Å². The number of benzene rings is 2. The molecular weight excluding hydrogens is 281 g/mol. The van der Waals surface area contributed by atoms with Gasteiger partial charge in [-0.3, -0.25) is 4.90 Å². The van der Waals surface area contributed by atoms with Gasteiger partial charge in [0.1, 0.15) is 0 Å². The molecule has 110 valence electrons. The van der Waals surface area contributed by atoms with Gasteiger partial charge in [-0.1, -0.05) is 30.3 Å². The number of nitrogens with zero attached hydrogens (tertiary/aromatic N) is 1. The molecular formula is C15H13F3N2O. The molecule has 0 radical (unpaired) electrons. The molecule has 0 spiro atoms. The Kier molecular flexibility index (Phi) is 4.16. The van der Waals surface area contributed by atoms with Gasteiger partial charge in [-0.05, 0) is 24.3 Å². The summed E-state index contributed by atoms with van der Waals surface area (Å²) in [7, 11) is 1.49. The van der Waals surface area contributed by atoms with E-state index in [4.69, 9.17) is 0 Å². The second-order valence-electron chi connectivity index (χ2n) is 4.37. The summed E-state index contributed by atoms with van der Waals surface area (Å²) in [5, 5.41) is 2.28. The largest absolute Gasteiger partial charge is 0.418 e. The van der Waals surface area contributed by atoms with Gasteiger partial charge < -0.3 is 5.32 Å². The van der Waals surface area contributed by atoms with Gasteiger partial charge in [-0.2, -0.15) is 13.2 Å². The number of anilines is 2. The second-order valence-corrected chi connectivity index (χ2v) is 4.37. The average molecular weight is 294 g/mol. The van der Waals surface area contributed by atoms with E-state index < -0.39 is 17.8 Å². The van der Waals surface area contributed by atoms with Crippen LogP contribution in [-0.2, 0) is 6.18 Å². The normalized spacial score (nSPS) is 11.0. The zero-order valence-corrected chi connectivity index (χ0v) is 11.2. The molecule has 2 rings (SSSR count). The Morgan fingerprint density at radius 2 is 1.57 bits per heavy atom. The van der Waals surface area contributed by atoms with Crippen molar-refractivity contribution in [1.29, 1.82) is 0 Å². The summed E-state index contributed by atoms with van der Waals surface area (Å²) < 4.78 is 38.6. The fourth-order valence-corrected chi connectivity index (χ4v) is 1.81. The molecule has 0 aliphatic carbocycles.